The summed E-state index contributed by atoms with van der Waals surface area (Å²) in [4.78, 5) is 16.6. The molecule has 5 nitrogen and oxygen atoms in total. The van der Waals surface area contributed by atoms with Crippen molar-refractivity contribution in [2.75, 3.05) is 0 Å². The van der Waals surface area contributed by atoms with Crippen LogP contribution in [0.4, 0.5) is 4.39 Å². The molecule has 1 saturated carbocycles. The Kier molecular flexibility index (Phi) is 4.24. The van der Waals surface area contributed by atoms with Crippen LogP contribution in [0.2, 0.25) is 0 Å². The van der Waals surface area contributed by atoms with E-state index < -0.39 is 5.41 Å². The highest BCUT2D eigenvalue weighted by molar-refractivity contribution is 5.91. The van der Waals surface area contributed by atoms with Gasteiger partial charge in [0.1, 0.15) is 18.5 Å². The van der Waals surface area contributed by atoms with Crippen molar-refractivity contribution in [2.24, 2.45) is 0 Å². The molecule has 1 heterocycles. The number of amides is 1. The zero-order chi connectivity index (χ0) is 18.0. The number of hydrogen-bond donors (Lipinski definition) is 1. The topological polar surface area (TPSA) is 59.8 Å². The van der Waals surface area contributed by atoms with Crippen LogP contribution in [0.3, 0.4) is 0 Å². The van der Waals surface area contributed by atoms with Crippen LogP contribution in [0.5, 0.6) is 0 Å². The molecule has 0 radical (unpaired) electrons. The minimum atomic E-state index is -0.485. The number of hydrogen-bond acceptors (Lipinski definition) is 3. The van der Waals surface area contributed by atoms with Gasteiger partial charge in [0.15, 0.2) is 0 Å². The highest BCUT2D eigenvalue weighted by Gasteiger charge is 2.51. The van der Waals surface area contributed by atoms with Crippen molar-refractivity contribution >= 4 is 5.91 Å². The second-order valence-electron chi connectivity index (χ2n) is 6.68. The van der Waals surface area contributed by atoms with Crippen LogP contribution in [0.1, 0.15) is 29.5 Å². The lowest BCUT2D eigenvalue weighted by Gasteiger charge is -2.16. The summed E-state index contributed by atoms with van der Waals surface area (Å²) in [6.45, 7) is 1.14. The average molecular weight is 350 g/mol. The Labute approximate surface area is 150 Å². The molecule has 0 saturated heterocycles. The molecule has 1 N–H and O–H groups in total. The molecule has 0 aliphatic heterocycles. The fraction of sp³-hybridized carbons (Fsp3) is 0.250. The van der Waals surface area contributed by atoms with Gasteiger partial charge in [0, 0.05) is 6.54 Å². The summed E-state index contributed by atoms with van der Waals surface area (Å²) >= 11 is 0. The van der Waals surface area contributed by atoms with Crippen molar-refractivity contribution in [2.45, 2.75) is 31.3 Å². The summed E-state index contributed by atoms with van der Waals surface area (Å²) in [5, 5.41) is 7.11. The van der Waals surface area contributed by atoms with E-state index >= 15 is 0 Å². The minimum absolute atomic E-state index is 0.0100. The van der Waals surface area contributed by atoms with Crippen LogP contribution in [-0.4, -0.2) is 20.7 Å². The van der Waals surface area contributed by atoms with Gasteiger partial charge in [-0.3, -0.25) is 4.79 Å². The van der Waals surface area contributed by atoms with Gasteiger partial charge in [-0.15, -0.1) is 0 Å². The van der Waals surface area contributed by atoms with Crippen LogP contribution >= 0.6 is 0 Å². The third kappa shape index (κ3) is 3.35. The summed E-state index contributed by atoms with van der Waals surface area (Å²) in [5.74, 6) is -0.272. The quantitative estimate of drug-likeness (QED) is 0.744. The number of carbonyl (C=O) groups is 1. The van der Waals surface area contributed by atoms with E-state index in [1.54, 1.807) is 23.1 Å². The molecule has 132 valence electrons. The van der Waals surface area contributed by atoms with Crippen molar-refractivity contribution in [3.05, 3.63) is 83.7 Å². The van der Waals surface area contributed by atoms with Crippen molar-refractivity contribution < 1.29 is 9.18 Å². The van der Waals surface area contributed by atoms with Gasteiger partial charge < -0.3 is 5.32 Å². The molecule has 0 atom stereocenters. The first-order valence-corrected chi connectivity index (χ1v) is 8.60. The van der Waals surface area contributed by atoms with Crippen LogP contribution in [0, 0.1) is 5.82 Å². The molecular formula is C20H19FN4O. The fourth-order valence-electron chi connectivity index (χ4n) is 3.16. The highest BCUT2D eigenvalue weighted by Crippen LogP contribution is 2.48. The van der Waals surface area contributed by atoms with E-state index in [1.165, 1.54) is 18.5 Å². The molecule has 1 aliphatic carbocycles. The van der Waals surface area contributed by atoms with Crippen molar-refractivity contribution in [1.82, 2.24) is 20.1 Å². The molecule has 6 heteroatoms. The van der Waals surface area contributed by atoms with Crippen molar-refractivity contribution in [1.29, 1.82) is 0 Å². The maximum Gasteiger partial charge on any atom is 0.230 e. The number of rotatable bonds is 6. The predicted molar refractivity (Wildman–Crippen MR) is 94.7 cm³/mol. The van der Waals surface area contributed by atoms with Crippen LogP contribution in [-0.2, 0) is 23.3 Å². The number of aromatic nitrogens is 3. The first-order valence-electron chi connectivity index (χ1n) is 8.60. The zero-order valence-corrected chi connectivity index (χ0v) is 14.2. The molecule has 0 spiro atoms. The Morgan fingerprint density at radius 2 is 1.77 bits per heavy atom. The second-order valence-corrected chi connectivity index (χ2v) is 6.68. The number of nitrogens with one attached hydrogen (secondary N) is 1. The Hall–Kier alpha value is -3.02. The van der Waals surface area contributed by atoms with Gasteiger partial charge in [0.05, 0.1) is 12.0 Å². The summed E-state index contributed by atoms with van der Waals surface area (Å²) in [7, 11) is 0. The molecule has 0 bridgehead atoms. The van der Waals surface area contributed by atoms with Gasteiger partial charge in [0.2, 0.25) is 5.91 Å². The lowest BCUT2D eigenvalue weighted by molar-refractivity contribution is -0.123. The van der Waals surface area contributed by atoms with Gasteiger partial charge in [-0.05, 0) is 41.7 Å². The normalized spacial score (nSPS) is 14.8. The third-order valence-corrected chi connectivity index (χ3v) is 4.87. The van der Waals surface area contributed by atoms with Crippen LogP contribution < -0.4 is 5.32 Å². The molecule has 1 amide bonds. The first-order chi connectivity index (χ1) is 12.7. The summed E-state index contributed by atoms with van der Waals surface area (Å²) < 4.78 is 14.9. The standard InChI is InChI=1S/C20H19FN4O/c21-18-7-5-17(6-8-18)20(9-10-20)19(26)23-11-15-1-3-16(4-2-15)12-25-14-22-13-24-25/h1-8,13-14H,9-12H2,(H,23,26). The predicted octanol–water partition coefficient (Wildman–Crippen LogP) is 2.81. The highest BCUT2D eigenvalue weighted by atomic mass is 19.1. The molecule has 26 heavy (non-hydrogen) atoms. The Morgan fingerprint density at radius 3 is 2.38 bits per heavy atom. The van der Waals surface area contributed by atoms with E-state index in [0.717, 1.165) is 29.5 Å². The van der Waals surface area contributed by atoms with E-state index in [1.807, 2.05) is 24.3 Å². The van der Waals surface area contributed by atoms with Gasteiger partial charge >= 0.3 is 0 Å². The van der Waals surface area contributed by atoms with Crippen LogP contribution in [0.15, 0.2) is 61.2 Å². The molecule has 2 aromatic carbocycles. The van der Waals surface area contributed by atoms with Crippen molar-refractivity contribution in [3.63, 3.8) is 0 Å². The van der Waals surface area contributed by atoms with Gasteiger partial charge in [-0.1, -0.05) is 36.4 Å². The summed E-state index contributed by atoms with van der Waals surface area (Å²) in [5.41, 5.74) is 2.56. The summed E-state index contributed by atoms with van der Waals surface area (Å²) in [6, 6.07) is 14.3. The Balaban J connectivity index is 1.36. The fourth-order valence-corrected chi connectivity index (χ4v) is 3.16. The largest absolute Gasteiger partial charge is 0.351 e. The number of carbonyl (C=O) groups excluding carboxylic acids is 1. The lowest BCUT2D eigenvalue weighted by Crippen LogP contribution is -2.34. The van der Waals surface area contributed by atoms with Crippen molar-refractivity contribution in [3.8, 4) is 0 Å². The molecular weight excluding hydrogens is 331 g/mol. The maximum atomic E-state index is 13.1. The molecule has 4 rings (SSSR count). The Morgan fingerprint density at radius 1 is 1.08 bits per heavy atom. The SMILES string of the molecule is O=C(NCc1ccc(Cn2cncn2)cc1)C1(c2ccc(F)cc2)CC1. The molecule has 1 aliphatic rings. The molecule has 3 aromatic rings. The lowest BCUT2D eigenvalue weighted by atomic mass is 9.95. The van der Waals surface area contributed by atoms with Crippen LogP contribution in [0.25, 0.3) is 0 Å². The number of halogens is 1. The zero-order valence-electron chi connectivity index (χ0n) is 14.2. The molecule has 1 aromatic heterocycles. The van der Waals surface area contributed by atoms with Gasteiger partial charge in [0.25, 0.3) is 0 Å². The second kappa shape index (κ2) is 6.71. The smallest absolute Gasteiger partial charge is 0.230 e. The van der Waals surface area contributed by atoms with E-state index in [2.05, 4.69) is 15.4 Å². The van der Waals surface area contributed by atoms with E-state index in [-0.39, 0.29) is 11.7 Å². The first kappa shape index (κ1) is 16.4. The van der Waals surface area contributed by atoms with E-state index in [0.29, 0.717) is 13.1 Å². The minimum Gasteiger partial charge on any atom is -0.351 e. The van der Waals surface area contributed by atoms with E-state index in [9.17, 15) is 9.18 Å². The summed E-state index contributed by atoms with van der Waals surface area (Å²) in [6.07, 6.45) is 4.81. The Bertz CT molecular complexity index is 885. The van der Waals surface area contributed by atoms with Gasteiger partial charge in [-0.25, -0.2) is 14.1 Å². The van der Waals surface area contributed by atoms with E-state index in [4.69, 9.17) is 0 Å². The maximum absolute atomic E-state index is 13.1. The molecule has 0 unspecified atom stereocenters. The third-order valence-electron chi connectivity index (χ3n) is 4.87. The number of nitrogens with zero attached hydrogens (tertiary/aromatic N) is 3. The monoisotopic (exact) mass is 350 g/mol. The van der Waals surface area contributed by atoms with Gasteiger partial charge in [-0.2, -0.15) is 5.10 Å². The molecule has 1 fully saturated rings. The average Bonchev–Trinajstić information content (AvgIpc) is 3.32. The number of benzene rings is 2.